The number of urea groups is 1. The monoisotopic (exact) mass is 417 g/mol. The lowest BCUT2D eigenvalue weighted by atomic mass is 9.70. The molecule has 2 aromatic heterocycles. The SMILES string of the molecule is CCc1ccn2cc(C3(c4ccccc4)CCN(C(=O)C4CNC(=O)N4)CC3)nc2c1. The predicted octanol–water partition coefficient (Wildman–Crippen LogP) is 2.49. The molecule has 0 spiro atoms. The molecule has 160 valence electrons. The molecular formula is C24H27N5O2. The lowest BCUT2D eigenvalue weighted by Gasteiger charge is -2.42. The topological polar surface area (TPSA) is 78.7 Å². The van der Waals surface area contributed by atoms with Crippen LogP contribution in [0.2, 0.25) is 0 Å². The first kappa shape index (κ1) is 19.6. The second-order valence-electron chi connectivity index (χ2n) is 8.46. The van der Waals surface area contributed by atoms with Gasteiger partial charge in [0.2, 0.25) is 5.91 Å². The van der Waals surface area contributed by atoms with Crippen LogP contribution in [-0.2, 0) is 16.6 Å². The first-order valence-corrected chi connectivity index (χ1v) is 11.0. The highest BCUT2D eigenvalue weighted by Gasteiger charge is 2.42. The Morgan fingerprint density at radius 3 is 2.65 bits per heavy atom. The summed E-state index contributed by atoms with van der Waals surface area (Å²) in [6.45, 7) is 3.77. The minimum absolute atomic E-state index is 0.0115. The van der Waals surface area contributed by atoms with Gasteiger partial charge in [0.15, 0.2) is 0 Å². The highest BCUT2D eigenvalue weighted by molar-refractivity contribution is 5.90. The fraction of sp³-hybridized carbons (Fsp3) is 0.375. The van der Waals surface area contributed by atoms with Gasteiger partial charge >= 0.3 is 6.03 Å². The van der Waals surface area contributed by atoms with Crippen molar-refractivity contribution in [2.45, 2.75) is 37.6 Å². The summed E-state index contributed by atoms with van der Waals surface area (Å²) in [6, 6.07) is 14.0. The number of rotatable bonds is 4. The zero-order chi connectivity index (χ0) is 21.4. The van der Waals surface area contributed by atoms with E-state index in [-0.39, 0.29) is 17.4 Å². The van der Waals surface area contributed by atoms with E-state index in [1.54, 1.807) is 0 Å². The molecule has 2 saturated heterocycles. The number of aryl methyl sites for hydroxylation is 1. The van der Waals surface area contributed by atoms with E-state index in [1.165, 1.54) is 11.1 Å². The first-order valence-electron chi connectivity index (χ1n) is 11.0. The zero-order valence-corrected chi connectivity index (χ0v) is 17.7. The summed E-state index contributed by atoms with van der Waals surface area (Å²) in [5, 5.41) is 5.38. The second kappa shape index (κ2) is 7.72. The van der Waals surface area contributed by atoms with Gasteiger partial charge in [-0.05, 0) is 42.5 Å². The molecule has 2 aliphatic heterocycles. The maximum atomic E-state index is 12.9. The van der Waals surface area contributed by atoms with Gasteiger partial charge in [-0.25, -0.2) is 9.78 Å². The summed E-state index contributed by atoms with van der Waals surface area (Å²) in [5.74, 6) is -0.0115. The Bertz CT molecular complexity index is 1120. The molecule has 0 bridgehead atoms. The van der Waals surface area contributed by atoms with Crippen molar-refractivity contribution < 1.29 is 9.59 Å². The van der Waals surface area contributed by atoms with Crippen LogP contribution in [0.25, 0.3) is 5.65 Å². The van der Waals surface area contributed by atoms with Gasteiger partial charge in [0.1, 0.15) is 11.7 Å². The van der Waals surface area contributed by atoms with Gasteiger partial charge in [0.05, 0.1) is 5.69 Å². The zero-order valence-electron chi connectivity index (χ0n) is 17.7. The third-order valence-corrected chi connectivity index (χ3v) is 6.75. The Hall–Kier alpha value is -3.35. The maximum absolute atomic E-state index is 12.9. The van der Waals surface area contributed by atoms with Gasteiger partial charge in [0, 0.05) is 37.4 Å². The van der Waals surface area contributed by atoms with Crippen LogP contribution in [0.5, 0.6) is 0 Å². The summed E-state index contributed by atoms with van der Waals surface area (Å²) in [5.41, 5.74) is 4.27. The number of hydrogen-bond donors (Lipinski definition) is 2. The number of likely N-dealkylation sites (tertiary alicyclic amines) is 1. The fourth-order valence-electron chi connectivity index (χ4n) is 4.86. The van der Waals surface area contributed by atoms with Crippen LogP contribution in [0, 0.1) is 0 Å². The van der Waals surface area contributed by atoms with Gasteiger partial charge in [-0.3, -0.25) is 4.79 Å². The number of nitrogens with zero attached hydrogens (tertiary/aromatic N) is 3. The van der Waals surface area contributed by atoms with Gasteiger partial charge < -0.3 is 19.9 Å². The van der Waals surface area contributed by atoms with E-state index in [1.807, 2.05) is 11.0 Å². The lowest BCUT2D eigenvalue weighted by molar-refractivity contribution is -0.134. The molecule has 2 fully saturated rings. The van der Waals surface area contributed by atoms with E-state index in [9.17, 15) is 9.59 Å². The second-order valence-corrected chi connectivity index (χ2v) is 8.46. The summed E-state index contributed by atoms with van der Waals surface area (Å²) < 4.78 is 2.09. The van der Waals surface area contributed by atoms with E-state index >= 15 is 0 Å². The molecule has 1 unspecified atom stereocenters. The lowest BCUT2D eigenvalue weighted by Crippen LogP contribution is -2.51. The molecule has 7 heteroatoms. The summed E-state index contributed by atoms with van der Waals surface area (Å²) in [4.78, 5) is 31.3. The van der Waals surface area contributed by atoms with Crippen LogP contribution >= 0.6 is 0 Å². The third-order valence-electron chi connectivity index (χ3n) is 6.75. The molecule has 3 amide bonds. The highest BCUT2D eigenvalue weighted by atomic mass is 16.2. The number of piperidine rings is 1. The van der Waals surface area contributed by atoms with E-state index in [2.05, 4.69) is 70.7 Å². The molecule has 0 radical (unpaired) electrons. The Balaban J connectivity index is 1.46. The van der Waals surface area contributed by atoms with E-state index in [4.69, 9.17) is 4.98 Å². The normalized spacial score (nSPS) is 20.5. The van der Waals surface area contributed by atoms with Crippen LogP contribution in [-0.4, -0.2) is 51.9 Å². The molecule has 5 rings (SSSR count). The number of benzene rings is 1. The standard InChI is InChI=1S/C24H27N5O2/c1-2-17-8-11-29-16-20(27-21(29)14-17)24(18-6-4-3-5-7-18)9-12-28(13-10-24)22(30)19-15-25-23(31)26-19/h3-8,11,14,16,19H,2,9-10,12-13,15H2,1H3,(H2,25,26,31). The highest BCUT2D eigenvalue weighted by Crippen LogP contribution is 2.41. The minimum atomic E-state index is -0.473. The largest absolute Gasteiger partial charge is 0.341 e. The molecule has 31 heavy (non-hydrogen) atoms. The molecule has 3 aromatic rings. The minimum Gasteiger partial charge on any atom is -0.341 e. The van der Waals surface area contributed by atoms with Crippen molar-refractivity contribution in [1.82, 2.24) is 24.9 Å². The summed E-state index contributed by atoms with van der Waals surface area (Å²) in [7, 11) is 0. The van der Waals surface area contributed by atoms with Crippen molar-refractivity contribution in [3.8, 4) is 0 Å². The van der Waals surface area contributed by atoms with E-state index in [0.717, 1.165) is 30.6 Å². The third kappa shape index (κ3) is 3.44. The average Bonchev–Trinajstić information content (AvgIpc) is 3.45. The fourth-order valence-corrected chi connectivity index (χ4v) is 4.86. The molecule has 0 saturated carbocycles. The maximum Gasteiger partial charge on any atom is 0.315 e. The Labute approximate surface area is 181 Å². The number of pyridine rings is 1. The van der Waals surface area contributed by atoms with Gasteiger partial charge in [-0.1, -0.05) is 37.3 Å². The Morgan fingerprint density at radius 2 is 1.97 bits per heavy atom. The average molecular weight is 418 g/mol. The Kier molecular flexibility index (Phi) is 4.88. The number of amides is 3. The summed E-state index contributed by atoms with van der Waals surface area (Å²) in [6.07, 6.45) is 6.78. The van der Waals surface area contributed by atoms with Crippen molar-refractivity contribution >= 4 is 17.6 Å². The predicted molar refractivity (Wildman–Crippen MR) is 118 cm³/mol. The van der Waals surface area contributed by atoms with Crippen LogP contribution in [0.3, 0.4) is 0 Å². The van der Waals surface area contributed by atoms with E-state index in [0.29, 0.717) is 19.6 Å². The smallest absolute Gasteiger partial charge is 0.315 e. The number of hydrogen-bond acceptors (Lipinski definition) is 3. The van der Waals surface area contributed by atoms with Crippen molar-refractivity contribution in [2.75, 3.05) is 19.6 Å². The number of carbonyl (C=O) groups is 2. The molecule has 1 atom stereocenters. The molecule has 2 N–H and O–H groups in total. The number of aromatic nitrogens is 2. The molecule has 1 aromatic carbocycles. The van der Waals surface area contributed by atoms with Crippen molar-refractivity contribution in [1.29, 1.82) is 0 Å². The molecule has 7 nitrogen and oxygen atoms in total. The molecule has 4 heterocycles. The van der Waals surface area contributed by atoms with Gasteiger partial charge in [-0.15, -0.1) is 0 Å². The molecule has 0 aliphatic carbocycles. The van der Waals surface area contributed by atoms with E-state index < -0.39 is 6.04 Å². The number of nitrogens with one attached hydrogen (secondary N) is 2. The first-order chi connectivity index (χ1) is 15.1. The van der Waals surface area contributed by atoms with Crippen molar-refractivity contribution in [3.05, 3.63) is 71.7 Å². The van der Waals surface area contributed by atoms with Crippen molar-refractivity contribution in [2.24, 2.45) is 0 Å². The summed E-state index contributed by atoms with van der Waals surface area (Å²) >= 11 is 0. The van der Waals surface area contributed by atoms with Crippen LogP contribution < -0.4 is 10.6 Å². The van der Waals surface area contributed by atoms with Crippen LogP contribution in [0.15, 0.2) is 54.9 Å². The number of fused-ring (bicyclic) bond motifs is 1. The van der Waals surface area contributed by atoms with Crippen molar-refractivity contribution in [3.63, 3.8) is 0 Å². The molecule has 2 aliphatic rings. The quantitative estimate of drug-likeness (QED) is 0.685. The number of carbonyl (C=O) groups excluding carboxylic acids is 2. The number of imidazole rings is 1. The van der Waals surface area contributed by atoms with Gasteiger partial charge in [0.25, 0.3) is 0 Å². The van der Waals surface area contributed by atoms with Crippen LogP contribution in [0.4, 0.5) is 4.79 Å². The molecular weight excluding hydrogens is 390 g/mol. The van der Waals surface area contributed by atoms with Crippen LogP contribution in [0.1, 0.15) is 36.6 Å². The van der Waals surface area contributed by atoms with Gasteiger partial charge in [-0.2, -0.15) is 0 Å². The Morgan fingerprint density at radius 1 is 1.19 bits per heavy atom.